The van der Waals surface area contributed by atoms with Gasteiger partial charge in [-0.2, -0.15) is 0 Å². The van der Waals surface area contributed by atoms with Crippen molar-refractivity contribution in [2.75, 3.05) is 0 Å². The van der Waals surface area contributed by atoms with E-state index in [0.29, 0.717) is 5.01 Å². The molecule has 1 N–H and O–H groups in total. The summed E-state index contributed by atoms with van der Waals surface area (Å²) in [5.41, 5.74) is 4.84. The molecule has 25 heavy (non-hydrogen) atoms. The van der Waals surface area contributed by atoms with Gasteiger partial charge in [0.25, 0.3) is 0 Å². The second kappa shape index (κ2) is 5.54. The zero-order valence-corrected chi connectivity index (χ0v) is 13.9. The van der Waals surface area contributed by atoms with E-state index >= 15 is 0 Å². The lowest BCUT2D eigenvalue weighted by molar-refractivity contribution is 0.281. The van der Waals surface area contributed by atoms with Crippen molar-refractivity contribution in [1.82, 2.24) is 14.4 Å². The van der Waals surface area contributed by atoms with Crippen molar-refractivity contribution in [2.24, 2.45) is 0 Å². The van der Waals surface area contributed by atoms with Crippen LogP contribution in [0.2, 0.25) is 0 Å². The topological polar surface area (TPSA) is 63.6 Å². The SMILES string of the molecule is OCc1nc(-c2cc(-c3ccc4cocc4c3)c3nccn3c2)cs1. The van der Waals surface area contributed by atoms with Crippen LogP contribution in [-0.2, 0) is 6.61 Å². The summed E-state index contributed by atoms with van der Waals surface area (Å²) in [5.74, 6) is 0. The van der Waals surface area contributed by atoms with Crippen molar-refractivity contribution in [1.29, 1.82) is 0 Å². The zero-order chi connectivity index (χ0) is 16.8. The molecule has 4 heterocycles. The molecule has 0 spiro atoms. The van der Waals surface area contributed by atoms with E-state index in [0.717, 1.165) is 38.8 Å². The molecule has 0 fully saturated rings. The average Bonchev–Trinajstić information content (AvgIpc) is 3.39. The van der Waals surface area contributed by atoms with Crippen LogP contribution in [0.15, 0.2) is 65.2 Å². The van der Waals surface area contributed by atoms with Gasteiger partial charge in [-0.3, -0.25) is 0 Å². The third-order valence-electron chi connectivity index (χ3n) is 4.26. The first-order valence-electron chi connectivity index (χ1n) is 7.80. The van der Waals surface area contributed by atoms with Crippen LogP contribution in [-0.4, -0.2) is 19.5 Å². The number of hydrogen-bond donors (Lipinski definition) is 1. The molecule has 0 radical (unpaired) electrons. The van der Waals surface area contributed by atoms with Crippen molar-refractivity contribution in [3.05, 3.63) is 65.8 Å². The van der Waals surface area contributed by atoms with Crippen LogP contribution in [0.5, 0.6) is 0 Å². The van der Waals surface area contributed by atoms with Crippen LogP contribution in [0.1, 0.15) is 5.01 Å². The van der Waals surface area contributed by atoms with Crippen LogP contribution in [0.3, 0.4) is 0 Å². The molecule has 0 bridgehead atoms. The van der Waals surface area contributed by atoms with Gasteiger partial charge in [-0.05, 0) is 17.7 Å². The van der Waals surface area contributed by atoms with E-state index in [4.69, 9.17) is 4.42 Å². The molecule has 4 aromatic heterocycles. The molecule has 0 atom stereocenters. The van der Waals surface area contributed by atoms with E-state index in [2.05, 4.69) is 28.2 Å². The minimum absolute atomic E-state index is 0.0397. The Bertz CT molecular complexity index is 1200. The van der Waals surface area contributed by atoms with E-state index in [9.17, 15) is 5.11 Å². The molecule has 0 amide bonds. The smallest absolute Gasteiger partial charge is 0.144 e. The van der Waals surface area contributed by atoms with Gasteiger partial charge in [0.15, 0.2) is 0 Å². The molecule has 5 rings (SSSR count). The van der Waals surface area contributed by atoms with Gasteiger partial charge >= 0.3 is 0 Å². The number of benzene rings is 1. The minimum atomic E-state index is -0.0397. The maximum atomic E-state index is 9.27. The highest BCUT2D eigenvalue weighted by Crippen LogP contribution is 2.32. The third kappa shape index (κ3) is 2.34. The lowest BCUT2D eigenvalue weighted by Crippen LogP contribution is -1.92. The van der Waals surface area contributed by atoms with E-state index < -0.39 is 0 Å². The molecule has 122 valence electrons. The van der Waals surface area contributed by atoms with Crippen LogP contribution in [0, 0.1) is 0 Å². The Labute approximate surface area is 146 Å². The monoisotopic (exact) mass is 347 g/mol. The second-order valence-electron chi connectivity index (χ2n) is 5.80. The van der Waals surface area contributed by atoms with Crippen molar-refractivity contribution < 1.29 is 9.52 Å². The summed E-state index contributed by atoms with van der Waals surface area (Å²) in [6.45, 7) is -0.0397. The highest BCUT2D eigenvalue weighted by molar-refractivity contribution is 7.09. The molecule has 6 heteroatoms. The summed E-state index contributed by atoms with van der Waals surface area (Å²) >= 11 is 1.46. The molecule has 0 aliphatic carbocycles. The summed E-state index contributed by atoms with van der Waals surface area (Å²) in [7, 11) is 0. The fraction of sp³-hybridized carbons (Fsp3) is 0.0526. The number of aromatic nitrogens is 3. The zero-order valence-electron chi connectivity index (χ0n) is 13.1. The van der Waals surface area contributed by atoms with Crippen molar-refractivity contribution >= 4 is 27.8 Å². The summed E-state index contributed by atoms with van der Waals surface area (Å²) in [6.07, 6.45) is 9.22. The molecule has 0 aliphatic heterocycles. The van der Waals surface area contributed by atoms with E-state index in [-0.39, 0.29) is 6.61 Å². The van der Waals surface area contributed by atoms with Crippen molar-refractivity contribution in [3.8, 4) is 22.4 Å². The molecule has 0 unspecified atom stereocenters. The molecule has 5 nitrogen and oxygen atoms in total. The summed E-state index contributed by atoms with van der Waals surface area (Å²) in [5, 5.41) is 14.1. The number of aliphatic hydroxyl groups is 1. The first-order valence-corrected chi connectivity index (χ1v) is 8.68. The Morgan fingerprint density at radius 2 is 2.04 bits per heavy atom. The third-order valence-corrected chi connectivity index (χ3v) is 5.09. The number of imidazole rings is 1. The van der Waals surface area contributed by atoms with Crippen LogP contribution in [0.25, 0.3) is 38.8 Å². The molecule has 0 saturated carbocycles. The summed E-state index contributed by atoms with van der Waals surface area (Å²) in [4.78, 5) is 8.99. The van der Waals surface area contributed by atoms with Gasteiger partial charge in [0, 0.05) is 45.9 Å². The maximum absolute atomic E-state index is 9.27. The molecule has 1 aromatic carbocycles. The minimum Gasteiger partial charge on any atom is -0.471 e. The lowest BCUT2D eigenvalue weighted by atomic mass is 10.0. The largest absolute Gasteiger partial charge is 0.471 e. The Morgan fingerprint density at radius 1 is 1.12 bits per heavy atom. The van der Waals surface area contributed by atoms with Crippen molar-refractivity contribution in [3.63, 3.8) is 0 Å². The number of rotatable bonds is 3. The highest BCUT2D eigenvalue weighted by Gasteiger charge is 2.12. The van der Waals surface area contributed by atoms with Crippen LogP contribution < -0.4 is 0 Å². The quantitative estimate of drug-likeness (QED) is 0.526. The number of hydrogen-bond acceptors (Lipinski definition) is 5. The van der Waals surface area contributed by atoms with Gasteiger partial charge < -0.3 is 13.9 Å². The van der Waals surface area contributed by atoms with Gasteiger partial charge in [-0.25, -0.2) is 9.97 Å². The fourth-order valence-electron chi connectivity index (χ4n) is 3.03. The Morgan fingerprint density at radius 3 is 2.92 bits per heavy atom. The highest BCUT2D eigenvalue weighted by atomic mass is 32.1. The van der Waals surface area contributed by atoms with Gasteiger partial charge in [0.2, 0.25) is 0 Å². The number of nitrogens with zero attached hydrogens (tertiary/aromatic N) is 3. The standard InChI is InChI=1S/C19H13N3O2S/c23-8-18-21-17(11-25-18)14-6-16(19-20-3-4-22(19)7-14)12-1-2-13-9-24-10-15(13)5-12/h1-7,9-11,23H,8H2. The number of pyridine rings is 1. The van der Waals surface area contributed by atoms with Gasteiger partial charge in [-0.15, -0.1) is 11.3 Å². The predicted octanol–water partition coefficient (Wildman–Crippen LogP) is 4.36. The lowest BCUT2D eigenvalue weighted by Gasteiger charge is -2.08. The van der Waals surface area contributed by atoms with Crippen LogP contribution in [0.4, 0.5) is 0 Å². The summed E-state index contributed by atoms with van der Waals surface area (Å²) in [6, 6.07) is 8.32. The second-order valence-corrected chi connectivity index (χ2v) is 6.74. The van der Waals surface area contributed by atoms with Gasteiger partial charge in [0.1, 0.15) is 10.7 Å². The Hall–Kier alpha value is -2.96. The van der Waals surface area contributed by atoms with E-state index in [1.165, 1.54) is 11.3 Å². The van der Waals surface area contributed by atoms with E-state index in [1.807, 2.05) is 28.2 Å². The van der Waals surface area contributed by atoms with Gasteiger partial charge in [0.05, 0.1) is 24.8 Å². The molecule has 0 saturated heterocycles. The molecule has 5 aromatic rings. The predicted molar refractivity (Wildman–Crippen MR) is 97.4 cm³/mol. The first kappa shape index (κ1) is 14.4. The Balaban J connectivity index is 1.74. The van der Waals surface area contributed by atoms with Gasteiger partial charge in [-0.1, -0.05) is 12.1 Å². The van der Waals surface area contributed by atoms with Crippen LogP contribution >= 0.6 is 11.3 Å². The fourth-order valence-corrected chi connectivity index (χ4v) is 3.70. The molecular weight excluding hydrogens is 334 g/mol. The number of aliphatic hydroxyl groups excluding tert-OH is 1. The average molecular weight is 347 g/mol. The van der Waals surface area contributed by atoms with E-state index in [1.54, 1.807) is 18.7 Å². The Kier molecular flexibility index (Phi) is 3.19. The number of thiazole rings is 1. The molecule has 0 aliphatic rings. The normalized spacial score (nSPS) is 11.6. The summed E-state index contributed by atoms with van der Waals surface area (Å²) < 4.78 is 7.29. The first-order chi connectivity index (χ1) is 12.3. The number of fused-ring (bicyclic) bond motifs is 2. The maximum Gasteiger partial charge on any atom is 0.144 e. The number of furan rings is 1. The molecular formula is C19H13N3O2S. The van der Waals surface area contributed by atoms with Crippen molar-refractivity contribution in [2.45, 2.75) is 6.61 Å².